The van der Waals surface area contributed by atoms with Crippen LogP contribution in [-0.4, -0.2) is 6.18 Å². The molecular formula is C14H17F3. The molecule has 1 fully saturated rings. The zero-order valence-electron chi connectivity index (χ0n) is 10.3. The Morgan fingerprint density at radius 3 is 1.88 bits per heavy atom. The summed E-state index contributed by atoms with van der Waals surface area (Å²) in [5.41, 5.74) is 2.02. The average molecular weight is 242 g/mol. The van der Waals surface area contributed by atoms with E-state index in [1.54, 1.807) is 0 Å². The molecule has 0 nitrogen and oxygen atoms in total. The molecule has 2 rings (SSSR count). The van der Waals surface area contributed by atoms with E-state index in [9.17, 15) is 13.2 Å². The fourth-order valence-corrected chi connectivity index (χ4v) is 2.16. The van der Waals surface area contributed by atoms with E-state index in [4.69, 9.17) is 0 Å². The number of alkyl halides is 3. The van der Waals surface area contributed by atoms with Gasteiger partial charge in [0.05, 0.1) is 5.92 Å². The van der Waals surface area contributed by atoms with Gasteiger partial charge in [-0.25, -0.2) is 0 Å². The highest BCUT2D eigenvalue weighted by molar-refractivity contribution is 5.32. The van der Waals surface area contributed by atoms with E-state index >= 15 is 0 Å². The maximum absolute atomic E-state index is 12.4. The number of hydrogen-bond donors (Lipinski definition) is 0. The molecule has 0 bridgehead atoms. The summed E-state index contributed by atoms with van der Waals surface area (Å²) in [6.45, 7) is 6.28. The lowest BCUT2D eigenvalue weighted by atomic mass is 9.86. The molecular weight excluding hydrogens is 225 g/mol. The largest absolute Gasteiger partial charge is 0.392 e. The highest BCUT2D eigenvalue weighted by atomic mass is 19.4. The fraction of sp³-hybridized carbons (Fsp3) is 0.571. The molecule has 0 radical (unpaired) electrons. The Labute approximate surface area is 99.8 Å². The van der Waals surface area contributed by atoms with E-state index in [-0.39, 0.29) is 17.8 Å². The molecule has 0 heterocycles. The third-order valence-electron chi connectivity index (χ3n) is 3.42. The van der Waals surface area contributed by atoms with Crippen molar-refractivity contribution >= 4 is 0 Å². The van der Waals surface area contributed by atoms with Crippen LogP contribution in [0, 0.1) is 5.92 Å². The van der Waals surface area contributed by atoms with Gasteiger partial charge < -0.3 is 0 Å². The van der Waals surface area contributed by atoms with E-state index in [1.165, 1.54) is 0 Å². The zero-order valence-corrected chi connectivity index (χ0v) is 10.3. The first-order valence-electron chi connectivity index (χ1n) is 5.87. The van der Waals surface area contributed by atoms with E-state index in [2.05, 4.69) is 20.8 Å². The SMILES string of the molecule is CC(C)(C)c1ccc(C2CC2C(F)(F)F)cc1. The highest BCUT2D eigenvalue weighted by Crippen LogP contribution is 2.56. The Morgan fingerprint density at radius 1 is 1.00 bits per heavy atom. The minimum atomic E-state index is -4.03. The molecule has 1 aromatic rings. The van der Waals surface area contributed by atoms with Gasteiger partial charge in [0, 0.05) is 0 Å². The lowest BCUT2D eigenvalue weighted by Gasteiger charge is -2.19. The minimum absolute atomic E-state index is 0.0471. The van der Waals surface area contributed by atoms with E-state index in [1.807, 2.05) is 24.3 Å². The summed E-state index contributed by atoms with van der Waals surface area (Å²) >= 11 is 0. The molecule has 1 aliphatic carbocycles. The van der Waals surface area contributed by atoms with Gasteiger partial charge in [0.1, 0.15) is 0 Å². The number of benzene rings is 1. The van der Waals surface area contributed by atoms with E-state index in [0.717, 1.165) is 11.1 Å². The predicted octanol–water partition coefficient (Wildman–Crippen LogP) is 4.65. The monoisotopic (exact) mass is 242 g/mol. The second-order valence-corrected chi connectivity index (χ2v) is 5.86. The normalized spacial score (nSPS) is 24.8. The van der Waals surface area contributed by atoms with Gasteiger partial charge in [0.2, 0.25) is 0 Å². The molecule has 1 saturated carbocycles. The van der Waals surface area contributed by atoms with Crippen LogP contribution in [0.15, 0.2) is 24.3 Å². The molecule has 3 heteroatoms. The number of rotatable bonds is 1. The van der Waals surface area contributed by atoms with Crippen LogP contribution in [-0.2, 0) is 5.41 Å². The van der Waals surface area contributed by atoms with Crippen LogP contribution in [0.2, 0.25) is 0 Å². The Hall–Kier alpha value is -0.990. The fourth-order valence-electron chi connectivity index (χ4n) is 2.16. The van der Waals surface area contributed by atoms with Crippen LogP contribution in [0.25, 0.3) is 0 Å². The lowest BCUT2D eigenvalue weighted by Crippen LogP contribution is -2.12. The van der Waals surface area contributed by atoms with Gasteiger partial charge in [0.15, 0.2) is 0 Å². The van der Waals surface area contributed by atoms with Crippen molar-refractivity contribution in [3.63, 3.8) is 0 Å². The summed E-state index contributed by atoms with van der Waals surface area (Å²) < 4.78 is 37.3. The molecule has 1 aliphatic rings. The second kappa shape index (κ2) is 3.76. The van der Waals surface area contributed by atoms with Gasteiger partial charge in [-0.1, -0.05) is 45.0 Å². The predicted molar refractivity (Wildman–Crippen MR) is 62.0 cm³/mol. The van der Waals surface area contributed by atoms with Crippen molar-refractivity contribution in [2.75, 3.05) is 0 Å². The highest BCUT2D eigenvalue weighted by Gasteiger charge is 2.55. The number of halogens is 3. The van der Waals surface area contributed by atoms with Crippen molar-refractivity contribution in [1.82, 2.24) is 0 Å². The van der Waals surface area contributed by atoms with Crippen LogP contribution >= 0.6 is 0 Å². The molecule has 0 amide bonds. The smallest absolute Gasteiger partial charge is 0.171 e. The van der Waals surface area contributed by atoms with Crippen LogP contribution in [0.1, 0.15) is 44.2 Å². The van der Waals surface area contributed by atoms with Crippen molar-refractivity contribution in [3.8, 4) is 0 Å². The third kappa shape index (κ3) is 2.64. The van der Waals surface area contributed by atoms with Crippen LogP contribution in [0.5, 0.6) is 0 Å². The first-order chi connectivity index (χ1) is 7.69. The molecule has 0 N–H and O–H groups in total. The molecule has 0 aliphatic heterocycles. The first-order valence-corrected chi connectivity index (χ1v) is 5.87. The van der Waals surface area contributed by atoms with Crippen molar-refractivity contribution in [2.45, 2.75) is 44.7 Å². The molecule has 2 unspecified atom stereocenters. The maximum atomic E-state index is 12.4. The maximum Gasteiger partial charge on any atom is 0.392 e. The van der Waals surface area contributed by atoms with Crippen LogP contribution in [0.3, 0.4) is 0 Å². The summed E-state index contributed by atoms with van der Waals surface area (Å²) in [5, 5.41) is 0. The van der Waals surface area contributed by atoms with Crippen LogP contribution in [0.4, 0.5) is 13.2 Å². The van der Waals surface area contributed by atoms with Crippen molar-refractivity contribution in [3.05, 3.63) is 35.4 Å². The van der Waals surface area contributed by atoms with E-state index in [0.29, 0.717) is 0 Å². The second-order valence-electron chi connectivity index (χ2n) is 5.86. The Bertz CT molecular complexity index is 395. The molecule has 0 aromatic heterocycles. The summed E-state index contributed by atoms with van der Waals surface area (Å²) in [6.07, 6.45) is -3.79. The lowest BCUT2D eigenvalue weighted by molar-refractivity contribution is -0.148. The average Bonchev–Trinajstić information content (AvgIpc) is 2.95. The zero-order chi connectivity index (χ0) is 12.8. The van der Waals surface area contributed by atoms with Gasteiger partial charge >= 0.3 is 6.18 Å². The number of hydrogen-bond acceptors (Lipinski definition) is 0. The summed E-state index contributed by atoms with van der Waals surface area (Å²) in [4.78, 5) is 0. The summed E-state index contributed by atoms with van der Waals surface area (Å²) in [5.74, 6) is -1.44. The summed E-state index contributed by atoms with van der Waals surface area (Å²) in [6, 6.07) is 7.58. The minimum Gasteiger partial charge on any atom is -0.171 e. The van der Waals surface area contributed by atoms with Gasteiger partial charge in [-0.2, -0.15) is 13.2 Å². The molecule has 2 atom stereocenters. The van der Waals surface area contributed by atoms with Crippen LogP contribution < -0.4 is 0 Å². The van der Waals surface area contributed by atoms with Gasteiger partial charge in [-0.3, -0.25) is 0 Å². The third-order valence-corrected chi connectivity index (χ3v) is 3.42. The van der Waals surface area contributed by atoms with Crippen molar-refractivity contribution in [1.29, 1.82) is 0 Å². The van der Waals surface area contributed by atoms with Crippen molar-refractivity contribution in [2.24, 2.45) is 5.92 Å². The van der Waals surface area contributed by atoms with Crippen molar-refractivity contribution < 1.29 is 13.2 Å². The van der Waals surface area contributed by atoms with Gasteiger partial charge in [-0.05, 0) is 28.9 Å². The standard InChI is InChI=1S/C14H17F3/c1-13(2,3)10-6-4-9(5-7-10)11-8-12(11)14(15,16)17/h4-7,11-12H,8H2,1-3H3. The summed E-state index contributed by atoms with van der Waals surface area (Å²) in [7, 11) is 0. The van der Waals surface area contributed by atoms with Gasteiger partial charge in [0.25, 0.3) is 0 Å². The molecule has 0 spiro atoms. The molecule has 94 valence electrons. The topological polar surface area (TPSA) is 0 Å². The first kappa shape index (κ1) is 12.5. The molecule has 1 aromatic carbocycles. The van der Waals surface area contributed by atoms with E-state index < -0.39 is 12.1 Å². The Kier molecular flexibility index (Phi) is 2.75. The molecule has 0 saturated heterocycles. The molecule has 17 heavy (non-hydrogen) atoms. The Morgan fingerprint density at radius 2 is 1.53 bits per heavy atom. The Balaban J connectivity index is 2.11. The quantitative estimate of drug-likeness (QED) is 0.672. The van der Waals surface area contributed by atoms with Gasteiger partial charge in [-0.15, -0.1) is 0 Å².